The second kappa shape index (κ2) is 13.8. The first-order valence-electron chi connectivity index (χ1n) is 15.9. The molecule has 0 aliphatic rings. The molecule has 6 aromatic rings. The van der Waals surface area contributed by atoms with Crippen molar-refractivity contribution in [2.24, 2.45) is 17.3 Å². The van der Waals surface area contributed by atoms with E-state index in [4.69, 9.17) is 4.98 Å². The summed E-state index contributed by atoms with van der Waals surface area (Å²) in [6.45, 7) is 15.0. The number of pyridine rings is 2. The van der Waals surface area contributed by atoms with Gasteiger partial charge in [0.2, 0.25) is 0 Å². The molecule has 0 spiro atoms. The van der Waals surface area contributed by atoms with Crippen LogP contribution in [0.3, 0.4) is 0 Å². The number of fused-ring (bicyclic) bond motifs is 6. The van der Waals surface area contributed by atoms with Gasteiger partial charge in [-0.3, -0.25) is 4.79 Å². The average Bonchev–Trinajstić information content (AvgIpc) is 3.32. The van der Waals surface area contributed by atoms with Crippen molar-refractivity contribution in [2.45, 2.75) is 80.6 Å². The maximum Gasteiger partial charge on any atom is 0.162 e. The Balaban J connectivity index is 0.000000239. The second-order valence-electron chi connectivity index (χ2n) is 13.1. The summed E-state index contributed by atoms with van der Waals surface area (Å²) >= 11 is 0. The zero-order valence-electron chi connectivity index (χ0n) is 27.1. The van der Waals surface area contributed by atoms with Crippen LogP contribution in [0.1, 0.15) is 79.7 Å². The Morgan fingerprint density at radius 1 is 0.932 bits per heavy atom. The third kappa shape index (κ3) is 6.41. The smallest absolute Gasteiger partial charge is 0.162 e. The summed E-state index contributed by atoms with van der Waals surface area (Å²) in [6.07, 6.45) is 7.89. The predicted octanol–water partition coefficient (Wildman–Crippen LogP) is 10.6. The number of hydrogen-bond acceptors (Lipinski definition) is 3. The van der Waals surface area contributed by atoms with Crippen LogP contribution in [0.4, 0.5) is 0 Å². The van der Waals surface area contributed by atoms with Crippen LogP contribution in [0.25, 0.3) is 49.0 Å². The van der Waals surface area contributed by atoms with Crippen molar-refractivity contribution in [3.8, 4) is 0 Å². The molecule has 3 aromatic carbocycles. The molecule has 0 fully saturated rings. The number of benzene rings is 3. The first-order valence-corrected chi connectivity index (χ1v) is 15.9. The fourth-order valence-electron chi connectivity index (χ4n) is 6.56. The van der Waals surface area contributed by atoms with Crippen molar-refractivity contribution in [1.29, 1.82) is 0 Å². The maximum absolute atomic E-state index is 11.7. The van der Waals surface area contributed by atoms with Crippen LogP contribution >= 0.6 is 0 Å². The molecule has 5 heteroatoms. The molecule has 0 aliphatic carbocycles. The largest absolute Gasteiger partial charge is 0.512 e. The van der Waals surface area contributed by atoms with Gasteiger partial charge in [-0.25, -0.2) is 0 Å². The van der Waals surface area contributed by atoms with Gasteiger partial charge in [-0.05, 0) is 83.1 Å². The van der Waals surface area contributed by atoms with Crippen LogP contribution in [0, 0.1) is 23.3 Å². The van der Waals surface area contributed by atoms with E-state index in [1.54, 1.807) is 0 Å². The van der Waals surface area contributed by atoms with Gasteiger partial charge in [-0.1, -0.05) is 66.7 Å². The molecule has 3 heterocycles. The molecule has 3 aromatic heterocycles. The molecule has 233 valence electrons. The van der Waals surface area contributed by atoms with Crippen LogP contribution in [0.5, 0.6) is 0 Å². The normalized spacial score (nSPS) is 12.5. The number of carbonyl (C=O) groups excluding carboxylic acids is 1. The van der Waals surface area contributed by atoms with E-state index in [0.29, 0.717) is 0 Å². The SMILES string of the molecule is CC(C)(C)Cc1ccc2c(c1)c1ccc3ccnc4c5[c-]cccc5n2c1c34.CCC(CC)C(=O)/C=C(\O)C(CC)CC.[Ir]. The average molecular weight is 766 g/mol. The van der Waals surface area contributed by atoms with E-state index in [0.717, 1.165) is 43.0 Å². The molecular weight excluding hydrogens is 721 g/mol. The Hall–Kier alpha value is -3.27. The number of nitrogens with zero attached hydrogens (tertiary/aromatic N) is 2. The van der Waals surface area contributed by atoms with E-state index >= 15 is 0 Å². The van der Waals surface area contributed by atoms with E-state index in [1.165, 1.54) is 49.7 Å². The van der Waals surface area contributed by atoms with Gasteiger partial charge in [0.25, 0.3) is 0 Å². The van der Waals surface area contributed by atoms with Gasteiger partial charge in [0.1, 0.15) is 0 Å². The molecule has 1 N–H and O–H groups in total. The number of aliphatic hydroxyl groups excluding tert-OH is 1. The standard InChI is InChI=1S/C26H21N2.C13H24O2.Ir/c1-26(2,3)15-16-8-11-22-20(14-16)18-10-9-17-12-13-27-24-19-6-4-5-7-21(19)28(22)25(18)23(17)24;1-5-10(6-2)12(14)9-13(15)11(7-3)8-4;/h4-5,7-14H,15H2,1-3H3;9-11,14H,5-8H2,1-4H3;/q-1;;/b;12-9-;. The summed E-state index contributed by atoms with van der Waals surface area (Å²) in [7, 11) is 0. The minimum absolute atomic E-state index is 0. The zero-order chi connectivity index (χ0) is 30.9. The Bertz CT molecular complexity index is 1910. The maximum atomic E-state index is 11.7. The number of carbonyl (C=O) groups is 1. The fraction of sp³-hybridized carbons (Fsp3) is 0.385. The van der Waals surface area contributed by atoms with Crippen LogP contribution in [0.2, 0.25) is 0 Å². The van der Waals surface area contributed by atoms with E-state index < -0.39 is 0 Å². The molecule has 0 atom stereocenters. The summed E-state index contributed by atoms with van der Waals surface area (Å²) in [4.78, 5) is 16.5. The molecule has 0 saturated carbocycles. The first-order chi connectivity index (χ1) is 20.6. The summed E-state index contributed by atoms with van der Waals surface area (Å²) in [5.41, 5.74) is 6.41. The quantitative estimate of drug-likeness (QED) is 0.0552. The molecule has 0 unspecified atom stereocenters. The van der Waals surface area contributed by atoms with E-state index in [9.17, 15) is 9.90 Å². The predicted molar refractivity (Wildman–Crippen MR) is 182 cm³/mol. The molecule has 0 amide bonds. The van der Waals surface area contributed by atoms with Crippen LogP contribution in [0.15, 0.2) is 72.6 Å². The topological polar surface area (TPSA) is 54.6 Å². The second-order valence-corrected chi connectivity index (χ2v) is 13.1. The Kier molecular flexibility index (Phi) is 10.5. The number of aliphatic hydroxyl groups is 1. The van der Waals surface area contributed by atoms with Crippen molar-refractivity contribution in [2.75, 3.05) is 0 Å². The van der Waals surface area contributed by atoms with Gasteiger partial charge in [0.05, 0.1) is 5.76 Å². The van der Waals surface area contributed by atoms with Gasteiger partial charge >= 0.3 is 0 Å². The minimum Gasteiger partial charge on any atom is -0.512 e. The summed E-state index contributed by atoms with van der Waals surface area (Å²) in [6, 6.07) is 23.3. The zero-order valence-corrected chi connectivity index (χ0v) is 29.5. The van der Waals surface area contributed by atoms with E-state index in [2.05, 4.69) is 79.8 Å². The molecule has 44 heavy (non-hydrogen) atoms. The Labute approximate surface area is 275 Å². The van der Waals surface area contributed by atoms with Crippen LogP contribution < -0.4 is 0 Å². The van der Waals surface area contributed by atoms with Gasteiger partial charge in [0, 0.05) is 66.0 Å². The fourth-order valence-corrected chi connectivity index (χ4v) is 6.56. The van der Waals surface area contributed by atoms with Crippen molar-refractivity contribution in [3.63, 3.8) is 0 Å². The van der Waals surface area contributed by atoms with Crippen LogP contribution in [-0.4, -0.2) is 20.3 Å². The number of allylic oxidation sites excluding steroid dienone is 2. The van der Waals surface area contributed by atoms with Crippen molar-refractivity contribution < 1.29 is 30.0 Å². The molecular formula is C39H45IrN2O2-. The monoisotopic (exact) mass is 766 g/mol. The molecule has 1 radical (unpaired) electrons. The molecule has 0 bridgehead atoms. The Morgan fingerprint density at radius 3 is 2.30 bits per heavy atom. The van der Waals surface area contributed by atoms with Gasteiger partial charge in [0.15, 0.2) is 5.78 Å². The number of hydrogen-bond donors (Lipinski definition) is 1. The van der Waals surface area contributed by atoms with Gasteiger partial charge in [-0.2, -0.15) is 0 Å². The third-order valence-electron chi connectivity index (χ3n) is 8.85. The molecule has 4 nitrogen and oxygen atoms in total. The van der Waals surface area contributed by atoms with Crippen molar-refractivity contribution in [3.05, 3.63) is 84.3 Å². The van der Waals surface area contributed by atoms with Gasteiger partial charge in [-0.15, -0.1) is 29.7 Å². The first kappa shape index (κ1) is 33.6. The number of rotatable bonds is 8. The van der Waals surface area contributed by atoms with Gasteiger partial charge < -0.3 is 14.5 Å². The van der Waals surface area contributed by atoms with E-state index in [1.807, 2.05) is 40.0 Å². The molecule has 6 rings (SSSR count). The molecule has 0 aliphatic heterocycles. The van der Waals surface area contributed by atoms with Crippen molar-refractivity contribution in [1.82, 2.24) is 9.38 Å². The Morgan fingerprint density at radius 2 is 1.64 bits per heavy atom. The minimum atomic E-state index is 0. The summed E-state index contributed by atoms with van der Waals surface area (Å²) < 4.78 is 2.41. The number of aromatic nitrogens is 2. The summed E-state index contributed by atoms with van der Waals surface area (Å²) in [5, 5.41) is 16.0. The van der Waals surface area contributed by atoms with E-state index in [-0.39, 0.29) is 48.9 Å². The molecule has 0 saturated heterocycles. The number of ketones is 1. The van der Waals surface area contributed by atoms with Crippen LogP contribution in [-0.2, 0) is 31.3 Å². The third-order valence-corrected chi connectivity index (χ3v) is 8.85. The van der Waals surface area contributed by atoms with Crippen molar-refractivity contribution >= 4 is 54.8 Å². The summed E-state index contributed by atoms with van der Waals surface area (Å²) in [5.74, 6) is 0.547.